The molecule has 0 amide bonds. The molecule has 8 heteroatoms. The Morgan fingerprint density at radius 3 is 2.84 bits per heavy atom. The standard InChI is InChI=1S/C17H18ClN5O2/c1-10-21-17(25-23-10)15(11-4-6-24-7-5-11)22-16-13-3-2-12(18)8-14(13)19-9-20-16/h2-3,8-9,11,15H,4-7H2,1H3,(H,19,20,22)/t15-/m0/s1. The van der Waals surface area contributed by atoms with E-state index in [1.54, 1.807) is 0 Å². The molecule has 0 radical (unpaired) electrons. The van der Waals surface area contributed by atoms with Crippen molar-refractivity contribution in [3.8, 4) is 0 Å². The predicted molar refractivity (Wildman–Crippen MR) is 93.5 cm³/mol. The fraction of sp³-hybridized carbons (Fsp3) is 0.412. The fourth-order valence-corrected chi connectivity index (χ4v) is 3.33. The minimum Gasteiger partial charge on any atom is -0.381 e. The molecule has 0 spiro atoms. The number of aryl methyl sites for hydroxylation is 1. The summed E-state index contributed by atoms with van der Waals surface area (Å²) in [4.78, 5) is 13.1. The highest BCUT2D eigenvalue weighted by atomic mass is 35.5. The van der Waals surface area contributed by atoms with Crippen LogP contribution in [0.4, 0.5) is 5.82 Å². The molecule has 1 atom stereocenters. The van der Waals surface area contributed by atoms with Crippen molar-refractivity contribution in [1.29, 1.82) is 0 Å². The molecule has 25 heavy (non-hydrogen) atoms. The van der Waals surface area contributed by atoms with Crippen LogP contribution in [-0.4, -0.2) is 33.3 Å². The average molecular weight is 360 g/mol. The molecule has 7 nitrogen and oxygen atoms in total. The van der Waals surface area contributed by atoms with E-state index in [0.29, 0.717) is 22.7 Å². The van der Waals surface area contributed by atoms with Gasteiger partial charge in [-0.3, -0.25) is 0 Å². The molecule has 1 aliphatic heterocycles. The summed E-state index contributed by atoms with van der Waals surface area (Å²) in [6.45, 7) is 3.28. The molecule has 1 aliphatic rings. The van der Waals surface area contributed by atoms with E-state index in [0.717, 1.165) is 42.8 Å². The Bertz CT molecular complexity index is 878. The Labute approximate surface area is 149 Å². The Hall–Kier alpha value is -2.25. The van der Waals surface area contributed by atoms with E-state index in [4.69, 9.17) is 20.9 Å². The second kappa shape index (κ2) is 6.93. The summed E-state index contributed by atoms with van der Waals surface area (Å²) in [5.41, 5.74) is 0.789. The topological polar surface area (TPSA) is 86.0 Å². The molecule has 1 N–H and O–H groups in total. The number of fused-ring (bicyclic) bond motifs is 1. The highest BCUT2D eigenvalue weighted by Gasteiger charge is 2.30. The first-order valence-electron chi connectivity index (χ1n) is 8.25. The van der Waals surface area contributed by atoms with Crippen LogP contribution < -0.4 is 5.32 Å². The molecule has 0 saturated carbocycles. The Morgan fingerprint density at radius 1 is 1.24 bits per heavy atom. The fourth-order valence-electron chi connectivity index (χ4n) is 3.16. The molecule has 0 bridgehead atoms. The van der Waals surface area contributed by atoms with Crippen molar-refractivity contribution in [3.63, 3.8) is 0 Å². The quantitative estimate of drug-likeness (QED) is 0.762. The molecular weight excluding hydrogens is 342 g/mol. The van der Waals surface area contributed by atoms with E-state index in [-0.39, 0.29) is 6.04 Å². The molecular formula is C17H18ClN5O2. The first kappa shape index (κ1) is 16.2. The largest absolute Gasteiger partial charge is 0.381 e. The third kappa shape index (κ3) is 3.43. The van der Waals surface area contributed by atoms with Crippen molar-refractivity contribution in [1.82, 2.24) is 20.1 Å². The van der Waals surface area contributed by atoms with Gasteiger partial charge in [0.1, 0.15) is 18.2 Å². The summed E-state index contributed by atoms with van der Waals surface area (Å²) in [6, 6.07) is 5.45. The molecule has 130 valence electrons. The molecule has 1 fully saturated rings. The molecule has 2 aromatic heterocycles. The van der Waals surface area contributed by atoms with Gasteiger partial charge in [0.15, 0.2) is 5.82 Å². The van der Waals surface area contributed by atoms with Crippen molar-refractivity contribution in [2.24, 2.45) is 5.92 Å². The number of nitrogens with zero attached hydrogens (tertiary/aromatic N) is 4. The molecule has 0 unspecified atom stereocenters. The summed E-state index contributed by atoms with van der Waals surface area (Å²) in [7, 11) is 0. The van der Waals surface area contributed by atoms with E-state index >= 15 is 0 Å². The zero-order chi connectivity index (χ0) is 17.2. The normalized spacial score (nSPS) is 16.9. The van der Waals surface area contributed by atoms with Gasteiger partial charge in [-0.15, -0.1) is 0 Å². The first-order chi connectivity index (χ1) is 12.2. The summed E-state index contributed by atoms with van der Waals surface area (Å²) in [5.74, 6) is 2.25. The maximum Gasteiger partial charge on any atom is 0.249 e. The maximum atomic E-state index is 6.07. The smallest absolute Gasteiger partial charge is 0.249 e. The summed E-state index contributed by atoms with van der Waals surface area (Å²) >= 11 is 6.07. The molecule has 3 heterocycles. The van der Waals surface area contributed by atoms with Crippen molar-refractivity contribution in [2.45, 2.75) is 25.8 Å². The molecule has 4 rings (SSSR count). The van der Waals surface area contributed by atoms with Crippen LogP contribution in [0.5, 0.6) is 0 Å². The molecule has 1 saturated heterocycles. The molecule has 0 aliphatic carbocycles. The zero-order valence-corrected chi connectivity index (χ0v) is 14.5. The number of anilines is 1. The van der Waals surface area contributed by atoms with Crippen LogP contribution in [0, 0.1) is 12.8 Å². The van der Waals surface area contributed by atoms with Crippen LogP contribution in [-0.2, 0) is 4.74 Å². The van der Waals surface area contributed by atoms with Crippen molar-refractivity contribution in [2.75, 3.05) is 18.5 Å². The summed E-state index contributed by atoms with van der Waals surface area (Å²) in [6.07, 6.45) is 3.38. The van der Waals surface area contributed by atoms with Crippen LogP contribution in [0.2, 0.25) is 5.02 Å². The van der Waals surface area contributed by atoms with E-state index in [1.807, 2.05) is 25.1 Å². The van der Waals surface area contributed by atoms with Crippen molar-refractivity contribution in [3.05, 3.63) is 41.3 Å². The minimum atomic E-state index is -0.126. The second-order valence-corrected chi connectivity index (χ2v) is 6.57. The van der Waals surface area contributed by atoms with E-state index < -0.39 is 0 Å². The third-order valence-corrected chi connectivity index (χ3v) is 4.67. The summed E-state index contributed by atoms with van der Waals surface area (Å²) in [5, 5.41) is 8.98. The van der Waals surface area contributed by atoms with Crippen molar-refractivity contribution >= 4 is 28.3 Å². The van der Waals surface area contributed by atoms with E-state index in [9.17, 15) is 0 Å². The number of rotatable bonds is 4. The lowest BCUT2D eigenvalue weighted by Gasteiger charge is -2.29. The van der Waals surface area contributed by atoms with Gasteiger partial charge < -0.3 is 14.6 Å². The van der Waals surface area contributed by atoms with Gasteiger partial charge in [0.2, 0.25) is 5.89 Å². The lowest BCUT2D eigenvalue weighted by molar-refractivity contribution is 0.0571. The van der Waals surface area contributed by atoms with Gasteiger partial charge in [-0.1, -0.05) is 16.8 Å². The van der Waals surface area contributed by atoms with E-state index in [2.05, 4.69) is 25.4 Å². The minimum absolute atomic E-state index is 0.126. The van der Waals surface area contributed by atoms with Gasteiger partial charge in [0.05, 0.1) is 5.52 Å². The summed E-state index contributed by atoms with van der Waals surface area (Å²) < 4.78 is 10.9. The maximum absolute atomic E-state index is 6.07. The van der Waals surface area contributed by atoms with Crippen LogP contribution in [0.3, 0.4) is 0 Å². The Balaban J connectivity index is 1.71. The molecule has 1 aromatic carbocycles. The van der Waals surface area contributed by atoms with Crippen LogP contribution in [0.25, 0.3) is 10.9 Å². The third-order valence-electron chi connectivity index (χ3n) is 4.44. The predicted octanol–water partition coefficient (Wildman–Crippen LogP) is 3.55. The lowest BCUT2D eigenvalue weighted by Crippen LogP contribution is -2.27. The van der Waals surface area contributed by atoms with Crippen molar-refractivity contribution < 1.29 is 9.26 Å². The van der Waals surface area contributed by atoms with Crippen LogP contribution in [0.1, 0.15) is 30.6 Å². The zero-order valence-electron chi connectivity index (χ0n) is 13.8. The second-order valence-electron chi connectivity index (χ2n) is 6.14. The average Bonchev–Trinajstić information content (AvgIpc) is 3.06. The number of aromatic nitrogens is 4. The van der Waals surface area contributed by atoms with Gasteiger partial charge in [-0.05, 0) is 43.9 Å². The SMILES string of the molecule is Cc1noc([C@@H](Nc2ncnc3cc(Cl)ccc23)C2CCOCC2)n1. The Kier molecular flexibility index (Phi) is 4.50. The number of ether oxygens (including phenoxy) is 1. The number of hydrogen-bond acceptors (Lipinski definition) is 7. The Morgan fingerprint density at radius 2 is 2.08 bits per heavy atom. The van der Waals surface area contributed by atoms with Gasteiger partial charge >= 0.3 is 0 Å². The van der Waals surface area contributed by atoms with Gasteiger partial charge in [-0.25, -0.2) is 9.97 Å². The highest BCUT2D eigenvalue weighted by Crippen LogP contribution is 2.34. The molecule has 3 aromatic rings. The lowest BCUT2D eigenvalue weighted by atomic mass is 9.91. The van der Waals surface area contributed by atoms with Gasteiger partial charge in [-0.2, -0.15) is 4.98 Å². The van der Waals surface area contributed by atoms with E-state index in [1.165, 1.54) is 6.33 Å². The monoisotopic (exact) mass is 359 g/mol. The number of nitrogens with one attached hydrogen (secondary N) is 1. The van der Waals surface area contributed by atoms with Gasteiger partial charge in [0.25, 0.3) is 0 Å². The number of benzene rings is 1. The number of hydrogen-bond donors (Lipinski definition) is 1. The van der Waals surface area contributed by atoms with Crippen LogP contribution in [0.15, 0.2) is 29.0 Å². The number of halogens is 1. The van der Waals surface area contributed by atoms with Crippen LogP contribution >= 0.6 is 11.6 Å². The highest BCUT2D eigenvalue weighted by molar-refractivity contribution is 6.31. The first-order valence-corrected chi connectivity index (χ1v) is 8.63. The van der Waals surface area contributed by atoms with Gasteiger partial charge in [0, 0.05) is 23.6 Å².